The summed E-state index contributed by atoms with van der Waals surface area (Å²) in [7, 11) is 0. The number of fused-ring (bicyclic) bond motifs is 1. The Hall–Kier alpha value is -2.73. The molecule has 3 aromatic rings. The highest BCUT2D eigenvalue weighted by molar-refractivity contribution is 6.30. The summed E-state index contributed by atoms with van der Waals surface area (Å²) in [6.45, 7) is 0. The second kappa shape index (κ2) is 5.34. The standard InChI is InChI=1S/C14H8ClN3O3/c15-9-3-6-13(17-8-9)21-12-5-4-11(18(19)20)14-10(12)2-1-7-16-14/h1-8H. The van der Waals surface area contributed by atoms with Crippen molar-refractivity contribution in [2.24, 2.45) is 0 Å². The lowest BCUT2D eigenvalue weighted by atomic mass is 10.1. The number of ether oxygens (including phenoxy) is 1. The Labute approximate surface area is 124 Å². The highest BCUT2D eigenvalue weighted by Crippen LogP contribution is 2.33. The van der Waals surface area contributed by atoms with Gasteiger partial charge in [0.25, 0.3) is 5.69 Å². The van der Waals surface area contributed by atoms with Gasteiger partial charge in [0.1, 0.15) is 5.75 Å². The molecule has 6 nitrogen and oxygen atoms in total. The monoisotopic (exact) mass is 301 g/mol. The van der Waals surface area contributed by atoms with Crippen molar-refractivity contribution in [2.45, 2.75) is 0 Å². The van der Waals surface area contributed by atoms with Crippen LogP contribution in [0.4, 0.5) is 5.69 Å². The van der Waals surface area contributed by atoms with E-state index >= 15 is 0 Å². The van der Waals surface area contributed by atoms with Gasteiger partial charge < -0.3 is 4.74 Å². The summed E-state index contributed by atoms with van der Waals surface area (Å²) in [5.41, 5.74) is 0.205. The van der Waals surface area contributed by atoms with Gasteiger partial charge >= 0.3 is 0 Å². The van der Waals surface area contributed by atoms with Crippen LogP contribution in [0, 0.1) is 10.1 Å². The molecule has 0 unspecified atom stereocenters. The van der Waals surface area contributed by atoms with Crippen molar-refractivity contribution in [1.29, 1.82) is 0 Å². The number of hydrogen-bond acceptors (Lipinski definition) is 5. The third-order valence-corrected chi connectivity index (χ3v) is 3.04. The van der Waals surface area contributed by atoms with Gasteiger partial charge in [-0.3, -0.25) is 10.1 Å². The van der Waals surface area contributed by atoms with Crippen LogP contribution in [0.5, 0.6) is 11.6 Å². The van der Waals surface area contributed by atoms with Gasteiger partial charge in [0, 0.05) is 24.5 Å². The molecule has 104 valence electrons. The number of halogens is 1. The first kappa shape index (κ1) is 13.3. The number of non-ortho nitro benzene ring substituents is 1. The van der Waals surface area contributed by atoms with Crippen molar-refractivity contribution >= 4 is 28.2 Å². The molecule has 0 spiro atoms. The Bertz CT molecular complexity index is 821. The maximum atomic E-state index is 11.0. The topological polar surface area (TPSA) is 78.2 Å². The molecule has 2 aromatic heterocycles. The van der Waals surface area contributed by atoms with E-state index in [0.29, 0.717) is 22.0 Å². The van der Waals surface area contributed by atoms with E-state index in [-0.39, 0.29) is 11.2 Å². The zero-order valence-corrected chi connectivity index (χ0v) is 11.3. The molecule has 0 aliphatic carbocycles. The normalized spacial score (nSPS) is 10.5. The van der Waals surface area contributed by atoms with Gasteiger partial charge in [-0.25, -0.2) is 9.97 Å². The quantitative estimate of drug-likeness (QED) is 0.540. The summed E-state index contributed by atoms with van der Waals surface area (Å²) >= 11 is 5.76. The molecule has 0 atom stereocenters. The number of rotatable bonds is 3. The molecule has 0 N–H and O–H groups in total. The highest BCUT2D eigenvalue weighted by atomic mass is 35.5. The number of aromatic nitrogens is 2. The van der Waals surface area contributed by atoms with E-state index < -0.39 is 4.92 Å². The van der Waals surface area contributed by atoms with Crippen LogP contribution in [0.3, 0.4) is 0 Å². The number of nitrogens with zero attached hydrogens (tertiary/aromatic N) is 3. The van der Waals surface area contributed by atoms with Gasteiger partial charge in [0.05, 0.1) is 15.3 Å². The van der Waals surface area contributed by atoms with Crippen LogP contribution in [-0.2, 0) is 0 Å². The number of nitro benzene ring substituents is 1. The summed E-state index contributed by atoms with van der Waals surface area (Å²) in [4.78, 5) is 18.6. The van der Waals surface area contributed by atoms with E-state index in [0.717, 1.165) is 0 Å². The predicted octanol–water partition coefficient (Wildman–Crippen LogP) is 3.98. The molecule has 0 aliphatic rings. The van der Waals surface area contributed by atoms with Crippen molar-refractivity contribution in [3.8, 4) is 11.6 Å². The largest absolute Gasteiger partial charge is 0.438 e. The summed E-state index contributed by atoms with van der Waals surface area (Å²) in [5, 5.41) is 12.1. The number of hydrogen-bond donors (Lipinski definition) is 0. The van der Waals surface area contributed by atoms with Crippen LogP contribution in [0.25, 0.3) is 10.9 Å². The molecule has 0 saturated carbocycles. The van der Waals surface area contributed by atoms with E-state index in [1.54, 1.807) is 24.3 Å². The minimum atomic E-state index is -0.473. The van der Waals surface area contributed by atoms with Crippen LogP contribution in [-0.4, -0.2) is 14.9 Å². The molecular weight excluding hydrogens is 294 g/mol. The molecular formula is C14H8ClN3O3. The Morgan fingerprint density at radius 3 is 2.71 bits per heavy atom. The van der Waals surface area contributed by atoms with Crippen LogP contribution < -0.4 is 4.74 Å². The average molecular weight is 302 g/mol. The van der Waals surface area contributed by atoms with Crippen molar-refractivity contribution in [2.75, 3.05) is 0 Å². The third kappa shape index (κ3) is 2.61. The SMILES string of the molecule is O=[N+]([O-])c1ccc(Oc2ccc(Cl)cn2)c2cccnc12. The van der Waals surface area contributed by atoms with Crippen molar-refractivity contribution in [3.05, 3.63) is 63.9 Å². The molecule has 7 heteroatoms. The van der Waals surface area contributed by atoms with E-state index in [1.807, 2.05) is 0 Å². The maximum Gasteiger partial charge on any atom is 0.295 e. The first-order valence-electron chi connectivity index (χ1n) is 5.96. The molecule has 0 radical (unpaired) electrons. The fraction of sp³-hybridized carbons (Fsp3) is 0. The van der Waals surface area contributed by atoms with Crippen LogP contribution in [0.1, 0.15) is 0 Å². The average Bonchev–Trinajstić information content (AvgIpc) is 2.49. The van der Waals surface area contributed by atoms with Crippen LogP contribution >= 0.6 is 11.6 Å². The Kier molecular flexibility index (Phi) is 3.37. The Balaban J connectivity index is 2.09. The lowest BCUT2D eigenvalue weighted by molar-refractivity contribution is -0.383. The van der Waals surface area contributed by atoms with Gasteiger partial charge in [0.2, 0.25) is 5.88 Å². The Morgan fingerprint density at radius 1 is 1.14 bits per heavy atom. The summed E-state index contributed by atoms with van der Waals surface area (Å²) in [6.07, 6.45) is 2.96. The van der Waals surface area contributed by atoms with Crippen molar-refractivity contribution in [1.82, 2.24) is 9.97 Å². The number of nitro groups is 1. The second-order valence-electron chi connectivity index (χ2n) is 4.16. The maximum absolute atomic E-state index is 11.0. The molecule has 0 bridgehead atoms. The van der Waals surface area contributed by atoms with Crippen LogP contribution in [0.2, 0.25) is 5.02 Å². The van der Waals surface area contributed by atoms with Crippen LogP contribution in [0.15, 0.2) is 48.8 Å². The van der Waals surface area contributed by atoms with Gasteiger partial charge in [0.15, 0.2) is 5.52 Å². The van der Waals surface area contributed by atoms with Crippen molar-refractivity contribution < 1.29 is 9.66 Å². The third-order valence-electron chi connectivity index (χ3n) is 2.82. The van der Waals surface area contributed by atoms with E-state index in [1.165, 1.54) is 24.5 Å². The Morgan fingerprint density at radius 2 is 2.00 bits per heavy atom. The molecule has 0 saturated heterocycles. The fourth-order valence-electron chi connectivity index (χ4n) is 1.90. The zero-order chi connectivity index (χ0) is 14.8. The van der Waals surface area contributed by atoms with Gasteiger partial charge in [-0.1, -0.05) is 11.6 Å². The highest BCUT2D eigenvalue weighted by Gasteiger charge is 2.16. The first-order valence-corrected chi connectivity index (χ1v) is 6.34. The fourth-order valence-corrected chi connectivity index (χ4v) is 2.01. The lowest BCUT2D eigenvalue weighted by Gasteiger charge is -2.07. The summed E-state index contributed by atoms with van der Waals surface area (Å²) in [5.74, 6) is 0.789. The molecule has 2 heterocycles. The van der Waals surface area contributed by atoms with E-state index in [9.17, 15) is 10.1 Å². The number of benzene rings is 1. The van der Waals surface area contributed by atoms with Crippen molar-refractivity contribution in [3.63, 3.8) is 0 Å². The molecule has 1 aromatic carbocycles. The zero-order valence-electron chi connectivity index (χ0n) is 10.6. The first-order chi connectivity index (χ1) is 10.1. The smallest absolute Gasteiger partial charge is 0.295 e. The van der Waals surface area contributed by atoms with Gasteiger partial charge in [-0.05, 0) is 24.3 Å². The van der Waals surface area contributed by atoms with E-state index in [2.05, 4.69) is 9.97 Å². The molecule has 0 aliphatic heterocycles. The number of pyridine rings is 2. The molecule has 21 heavy (non-hydrogen) atoms. The molecule has 0 amide bonds. The van der Waals surface area contributed by atoms with Gasteiger partial charge in [-0.15, -0.1) is 0 Å². The minimum absolute atomic E-state index is 0.0676. The molecule has 3 rings (SSSR count). The second-order valence-corrected chi connectivity index (χ2v) is 4.59. The summed E-state index contributed by atoms with van der Waals surface area (Å²) in [6, 6.07) is 9.55. The van der Waals surface area contributed by atoms with E-state index in [4.69, 9.17) is 16.3 Å². The summed E-state index contributed by atoms with van der Waals surface area (Å²) < 4.78 is 5.65. The predicted molar refractivity (Wildman–Crippen MR) is 77.7 cm³/mol. The lowest BCUT2D eigenvalue weighted by Crippen LogP contribution is -1.94. The van der Waals surface area contributed by atoms with Gasteiger partial charge in [-0.2, -0.15) is 0 Å². The minimum Gasteiger partial charge on any atom is -0.438 e. The molecule has 0 fully saturated rings.